The van der Waals surface area contributed by atoms with E-state index in [1.807, 2.05) is 12.3 Å². The Kier molecular flexibility index (Phi) is 5.77. The molecule has 16 heavy (non-hydrogen) atoms. The molecule has 90 valence electrons. The topological polar surface area (TPSA) is 19.4 Å². The Hall–Kier alpha value is -0.610. The van der Waals surface area contributed by atoms with Crippen molar-refractivity contribution in [2.24, 2.45) is 0 Å². The maximum atomic E-state index is 4.41. The minimum absolute atomic E-state index is 1.00. The van der Waals surface area contributed by atoms with Crippen molar-refractivity contribution in [3.05, 3.63) is 22.8 Å². The predicted octanol–water partition coefficient (Wildman–Crippen LogP) is 2.62. The van der Waals surface area contributed by atoms with Gasteiger partial charge in [-0.1, -0.05) is 0 Å². The van der Waals surface area contributed by atoms with Crippen LogP contribution in [-0.4, -0.2) is 43.6 Å². The first kappa shape index (κ1) is 13.5. The van der Waals surface area contributed by atoms with Gasteiger partial charge in [0, 0.05) is 23.8 Å². The van der Waals surface area contributed by atoms with E-state index in [-0.39, 0.29) is 0 Å². The number of nitrogens with zero attached hydrogens (tertiary/aromatic N) is 3. The maximum absolute atomic E-state index is 4.41. The van der Waals surface area contributed by atoms with Crippen molar-refractivity contribution in [1.82, 2.24) is 9.88 Å². The summed E-state index contributed by atoms with van der Waals surface area (Å²) in [6.45, 7) is 5.35. The molecule has 0 N–H and O–H groups in total. The normalized spacial score (nSPS) is 10.8. The van der Waals surface area contributed by atoms with Crippen molar-refractivity contribution < 1.29 is 0 Å². The van der Waals surface area contributed by atoms with Gasteiger partial charge in [0.25, 0.3) is 0 Å². The van der Waals surface area contributed by atoms with Gasteiger partial charge in [-0.3, -0.25) is 0 Å². The second-order valence-electron chi connectivity index (χ2n) is 4.07. The molecular formula is C12H20BrN3. The van der Waals surface area contributed by atoms with E-state index in [4.69, 9.17) is 0 Å². The number of rotatable bonds is 6. The third kappa shape index (κ3) is 4.49. The van der Waals surface area contributed by atoms with E-state index in [1.165, 1.54) is 6.42 Å². The van der Waals surface area contributed by atoms with Gasteiger partial charge in [0.1, 0.15) is 5.82 Å². The van der Waals surface area contributed by atoms with Crippen LogP contribution in [0.15, 0.2) is 22.8 Å². The summed E-state index contributed by atoms with van der Waals surface area (Å²) in [6, 6.07) is 4.10. The van der Waals surface area contributed by atoms with E-state index in [0.717, 1.165) is 29.9 Å². The van der Waals surface area contributed by atoms with Gasteiger partial charge in [-0.25, -0.2) is 4.98 Å². The largest absolute Gasteiger partial charge is 0.357 e. The maximum Gasteiger partial charge on any atom is 0.128 e. The minimum atomic E-state index is 1.00. The van der Waals surface area contributed by atoms with E-state index in [9.17, 15) is 0 Å². The van der Waals surface area contributed by atoms with Crippen molar-refractivity contribution in [3.8, 4) is 0 Å². The first-order chi connectivity index (χ1) is 7.63. The number of pyridine rings is 1. The Morgan fingerprint density at radius 2 is 2.00 bits per heavy atom. The zero-order valence-corrected chi connectivity index (χ0v) is 11.9. The van der Waals surface area contributed by atoms with Crippen LogP contribution in [0, 0.1) is 0 Å². The summed E-state index contributed by atoms with van der Waals surface area (Å²) in [4.78, 5) is 8.93. The highest BCUT2D eigenvalue weighted by Crippen LogP contribution is 2.14. The summed E-state index contributed by atoms with van der Waals surface area (Å²) in [5.74, 6) is 1.06. The fourth-order valence-electron chi connectivity index (χ4n) is 1.57. The summed E-state index contributed by atoms with van der Waals surface area (Å²) in [5.41, 5.74) is 0. The van der Waals surface area contributed by atoms with Crippen LogP contribution in [0.4, 0.5) is 5.82 Å². The number of halogens is 1. The molecule has 0 aliphatic rings. The number of hydrogen-bond acceptors (Lipinski definition) is 3. The zero-order valence-electron chi connectivity index (χ0n) is 10.3. The Labute approximate surface area is 107 Å². The summed E-state index contributed by atoms with van der Waals surface area (Å²) < 4.78 is 1.03. The van der Waals surface area contributed by atoms with Crippen molar-refractivity contribution in [3.63, 3.8) is 0 Å². The number of anilines is 1. The highest BCUT2D eigenvalue weighted by Gasteiger charge is 2.05. The van der Waals surface area contributed by atoms with Gasteiger partial charge in [-0.2, -0.15) is 0 Å². The third-order valence-electron chi connectivity index (χ3n) is 2.45. The minimum Gasteiger partial charge on any atom is -0.357 e. The van der Waals surface area contributed by atoms with Crippen LogP contribution < -0.4 is 4.90 Å². The zero-order chi connectivity index (χ0) is 12.0. The molecule has 1 heterocycles. The van der Waals surface area contributed by atoms with E-state index in [2.05, 4.69) is 57.8 Å². The van der Waals surface area contributed by atoms with Crippen LogP contribution in [0.5, 0.6) is 0 Å². The van der Waals surface area contributed by atoms with E-state index in [0.29, 0.717) is 0 Å². The summed E-state index contributed by atoms with van der Waals surface area (Å²) in [6.07, 6.45) is 3.02. The summed E-state index contributed by atoms with van der Waals surface area (Å²) >= 11 is 3.40. The second-order valence-corrected chi connectivity index (χ2v) is 4.99. The van der Waals surface area contributed by atoms with Crippen molar-refractivity contribution in [1.29, 1.82) is 0 Å². The SMILES string of the molecule is CCN(CCCN(C)C)c1ccc(Br)cn1. The molecule has 0 saturated carbocycles. The van der Waals surface area contributed by atoms with Crippen LogP contribution in [-0.2, 0) is 0 Å². The fourth-order valence-corrected chi connectivity index (χ4v) is 1.80. The van der Waals surface area contributed by atoms with E-state index < -0.39 is 0 Å². The monoisotopic (exact) mass is 285 g/mol. The third-order valence-corrected chi connectivity index (χ3v) is 2.92. The Morgan fingerprint density at radius 3 is 2.50 bits per heavy atom. The second kappa shape index (κ2) is 6.86. The Balaban J connectivity index is 2.50. The molecule has 0 saturated heterocycles. The lowest BCUT2D eigenvalue weighted by molar-refractivity contribution is 0.400. The van der Waals surface area contributed by atoms with Crippen LogP contribution in [0.1, 0.15) is 13.3 Å². The van der Waals surface area contributed by atoms with Crippen LogP contribution in [0.25, 0.3) is 0 Å². The van der Waals surface area contributed by atoms with Crippen LogP contribution >= 0.6 is 15.9 Å². The lowest BCUT2D eigenvalue weighted by atomic mass is 10.3. The van der Waals surface area contributed by atoms with Crippen LogP contribution in [0.2, 0.25) is 0 Å². The molecule has 0 atom stereocenters. The van der Waals surface area contributed by atoms with Crippen molar-refractivity contribution >= 4 is 21.7 Å². The molecule has 0 fully saturated rings. The smallest absolute Gasteiger partial charge is 0.128 e. The first-order valence-electron chi connectivity index (χ1n) is 5.64. The van der Waals surface area contributed by atoms with Gasteiger partial charge in [0.15, 0.2) is 0 Å². The lowest BCUT2D eigenvalue weighted by Crippen LogP contribution is -2.27. The molecule has 0 unspecified atom stereocenters. The molecule has 0 radical (unpaired) electrons. The fraction of sp³-hybridized carbons (Fsp3) is 0.583. The van der Waals surface area contributed by atoms with Gasteiger partial charge in [0.2, 0.25) is 0 Å². The highest BCUT2D eigenvalue weighted by molar-refractivity contribution is 9.10. The number of aromatic nitrogens is 1. The van der Waals surface area contributed by atoms with Crippen molar-refractivity contribution in [2.45, 2.75) is 13.3 Å². The van der Waals surface area contributed by atoms with Gasteiger partial charge in [-0.05, 0) is 62.0 Å². The predicted molar refractivity (Wildman–Crippen MR) is 73.0 cm³/mol. The molecule has 1 aromatic rings. The molecule has 1 aromatic heterocycles. The van der Waals surface area contributed by atoms with Gasteiger partial charge in [-0.15, -0.1) is 0 Å². The van der Waals surface area contributed by atoms with Gasteiger partial charge < -0.3 is 9.80 Å². The van der Waals surface area contributed by atoms with Gasteiger partial charge in [0.05, 0.1) is 0 Å². The molecule has 0 bridgehead atoms. The average Bonchev–Trinajstić information content (AvgIpc) is 2.26. The molecule has 0 aliphatic carbocycles. The molecule has 4 heteroatoms. The molecular weight excluding hydrogens is 266 g/mol. The Bertz CT molecular complexity index is 298. The molecule has 0 spiro atoms. The molecule has 0 amide bonds. The van der Waals surface area contributed by atoms with E-state index in [1.54, 1.807) is 0 Å². The molecule has 0 aromatic carbocycles. The summed E-state index contributed by atoms with van der Waals surface area (Å²) in [5, 5.41) is 0. The average molecular weight is 286 g/mol. The number of hydrogen-bond donors (Lipinski definition) is 0. The Morgan fingerprint density at radius 1 is 1.25 bits per heavy atom. The van der Waals surface area contributed by atoms with Crippen molar-refractivity contribution in [2.75, 3.05) is 38.6 Å². The molecule has 3 nitrogen and oxygen atoms in total. The quantitative estimate of drug-likeness (QED) is 0.801. The van der Waals surface area contributed by atoms with Crippen LogP contribution in [0.3, 0.4) is 0 Å². The standard InChI is InChI=1S/C12H20BrN3/c1-4-16(9-5-8-15(2)3)12-7-6-11(13)10-14-12/h6-7,10H,4-5,8-9H2,1-3H3. The van der Waals surface area contributed by atoms with E-state index >= 15 is 0 Å². The highest BCUT2D eigenvalue weighted by atomic mass is 79.9. The summed E-state index contributed by atoms with van der Waals surface area (Å²) in [7, 11) is 4.21. The van der Waals surface area contributed by atoms with Gasteiger partial charge >= 0.3 is 0 Å². The molecule has 1 rings (SSSR count). The first-order valence-corrected chi connectivity index (χ1v) is 6.44. The lowest BCUT2D eigenvalue weighted by Gasteiger charge is -2.22. The molecule has 0 aliphatic heterocycles.